The van der Waals surface area contributed by atoms with E-state index in [0.29, 0.717) is 18.2 Å². The number of carboxylic acid groups (broad SMARTS) is 2. The van der Waals surface area contributed by atoms with E-state index in [0.717, 1.165) is 35.1 Å². The Morgan fingerprint density at radius 1 is 1.28 bits per heavy atom. The standard InChI is InChI=1S/C14H14FNO.C4H4O4/c1-9-6-10(2-4-16-9)13-8-12(15)7-11-3-5-17-14(11)13;5-3(6)1-2-4(7)8/h2-3,5,7-9,16H,4,6H2,1H3;1-2H,(H,5,6)(H,7,8). The lowest BCUT2D eigenvalue weighted by atomic mass is 9.95. The molecule has 2 aromatic rings. The van der Waals surface area contributed by atoms with Crippen molar-refractivity contribution in [2.45, 2.75) is 19.4 Å². The molecular weight excluding hydrogens is 329 g/mol. The van der Waals surface area contributed by atoms with E-state index in [9.17, 15) is 14.0 Å². The second kappa shape index (κ2) is 8.25. The van der Waals surface area contributed by atoms with Gasteiger partial charge < -0.3 is 19.9 Å². The molecule has 0 spiro atoms. The van der Waals surface area contributed by atoms with Gasteiger partial charge in [0.15, 0.2) is 0 Å². The number of hydrogen-bond donors (Lipinski definition) is 3. The summed E-state index contributed by atoms with van der Waals surface area (Å²) in [7, 11) is 0. The minimum absolute atomic E-state index is 0.207. The zero-order valence-corrected chi connectivity index (χ0v) is 13.5. The quantitative estimate of drug-likeness (QED) is 0.738. The number of furan rings is 1. The van der Waals surface area contributed by atoms with Crippen molar-refractivity contribution < 1.29 is 28.6 Å². The van der Waals surface area contributed by atoms with Crippen LogP contribution in [0.1, 0.15) is 18.9 Å². The maximum atomic E-state index is 13.5. The summed E-state index contributed by atoms with van der Waals surface area (Å²) in [6, 6.07) is 5.29. The fourth-order valence-corrected chi connectivity index (χ4v) is 2.52. The van der Waals surface area contributed by atoms with Gasteiger partial charge in [-0.2, -0.15) is 0 Å². The summed E-state index contributed by atoms with van der Waals surface area (Å²) in [5.74, 6) is -2.72. The van der Waals surface area contributed by atoms with Gasteiger partial charge in [-0.25, -0.2) is 14.0 Å². The molecular formula is C18H18FNO5. The van der Waals surface area contributed by atoms with Crippen LogP contribution in [0.2, 0.25) is 0 Å². The first-order valence-corrected chi connectivity index (χ1v) is 7.60. The van der Waals surface area contributed by atoms with Crippen molar-refractivity contribution in [3.05, 3.63) is 54.1 Å². The Bertz CT molecular complexity index is 821. The average molecular weight is 347 g/mol. The van der Waals surface area contributed by atoms with Gasteiger partial charge in [0.1, 0.15) is 11.4 Å². The first-order valence-electron chi connectivity index (χ1n) is 7.60. The van der Waals surface area contributed by atoms with Crippen molar-refractivity contribution in [2.24, 2.45) is 0 Å². The lowest BCUT2D eigenvalue weighted by molar-refractivity contribution is -0.134. The molecule has 25 heavy (non-hydrogen) atoms. The second-order valence-corrected chi connectivity index (χ2v) is 5.54. The molecule has 1 aromatic heterocycles. The summed E-state index contributed by atoms with van der Waals surface area (Å²) in [6.45, 7) is 2.96. The summed E-state index contributed by atoms with van der Waals surface area (Å²) >= 11 is 0. The highest BCUT2D eigenvalue weighted by Gasteiger charge is 2.16. The lowest BCUT2D eigenvalue weighted by Crippen LogP contribution is -2.29. The predicted molar refractivity (Wildman–Crippen MR) is 90.6 cm³/mol. The van der Waals surface area contributed by atoms with Crippen LogP contribution in [0.4, 0.5) is 4.39 Å². The third-order valence-electron chi connectivity index (χ3n) is 3.57. The molecule has 1 aliphatic rings. The number of halogens is 1. The number of aliphatic carboxylic acids is 2. The van der Waals surface area contributed by atoms with Gasteiger partial charge in [-0.1, -0.05) is 6.08 Å². The molecule has 0 radical (unpaired) electrons. The molecule has 3 rings (SSSR count). The van der Waals surface area contributed by atoms with Gasteiger partial charge in [-0.15, -0.1) is 0 Å². The number of fused-ring (bicyclic) bond motifs is 1. The first kappa shape index (κ1) is 18.4. The SMILES string of the molecule is CC1CC(c2cc(F)cc3ccoc23)=CCN1.O=C(O)C=CC(=O)O. The van der Waals surface area contributed by atoms with Crippen LogP contribution in [-0.4, -0.2) is 34.7 Å². The predicted octanol–water partition coefficient (Wildman–Crippen LogP) is 3.05. The van der Waals surface area contributed by atoms with Crippen LogP contribution in [0.3, 0.4) is 0 Å². The second-order valence-electron chi connectivity index (χ2n) is 5.54. The summed E-state index contributed by atoms with van der Waals surface area (Å²) in [5.41, 5.74) is 2.83. The Kier molecular flexibility index (Phi) is 6.08. The Hall–Kier alpha value is -2.93. The third-order valence-corrected chi connectivity index (χ3v) is 3.57. The molecule has 7 heteroatoms. The smallest absolute Gasteiger partial charge is 0.328 e. The van der Waals surface area contributed by atoms with E-state index in [-0.39, 0.29) is 5.82 Å². The molecule has 2 heterocycles. The van der Waals surface area contributed by atoms with Crippen molar-refractivity contribution in [3.8, 4) is 0 Å². The minimum atomic E-state index is -1.26. The van der Waals surface area contributed by atoms with Crippen LogP contribution >= 0.6 is 0 Å². The van der Waals surface area contributed by atoms with Gasteiger partial charge in [0.25, 0.3) is 0 Å². The topological polar surface area (TPSA) is 99.8 Å². The Labute approximate surface area is 143 Å². The summed E-state index contributed by atoms with van der Waals surface area (Å²) in [6.07, 6.45) is 5.74. The lowest BCUT2D eigenvalue weighted by Gasteiger charge is -2.21. The average Bonchev–Trinajstić information content (AvgIpc) is 3.01. The monoisotopic (exact) mass is 347 g/mol. The van der Waals surface area contributed by atoms with E-state index in [2.05, 4.69) is 18.3 Å². The van der Waals surface area contributed by atoms with E-state index in [1.807, 2.05) is 0 Å². The first-order chi connectivity index (χ1) is 11.9. The maximum Gasteiger partial charge on any atom is 0.328 e. The van der Waals surface area contributed by atoms with Crippen molar-refractivity contribution in [1.82, 2.24) is 5.32 Å². The van der Waals surface area contributed by atoms with Crippen LogP contribution in [0.15, 0.2) is 47.1 Å². The number of nitrogens with one attached hydrogen (secondary N) is 1. The van der Waals surface area contributed by atoms with Crippen LogP contribution in [0.5, 0.6) is 0 Å². The number of carbonyl (C=O) groups is 2. The Morgan fingerprint density at radius 2 is 1.96 bits per heavy atom. The van der Waals surface area contributed by atoms with Crippen LogP contribution < -0.4 is 5.32 Å². The molecule has 1 aliphatic heterocycles. The molecule has 1 atom stereocenters. The molecule has 0 aliphatic carbocycles. The van der Waals surface area contributed by atoms with Gasteiger partial charge in [-0.05, 0) is 37.1 Å². The molecule has 1 unspecified atom stereocenters. The summed E-state index contributed by atoms with van der Waals surface area (Å²) < 4.78 is 19.0. The van der Waals surface area contributed by atoms with Gasteiger partial charge in [0, 0.05) is 35.7 Å². The summed E-state index contributed by atoms with van der Waals surface area (Å²) in [5, 5.41) is 19.8. The number of benzene rings is 1. The molecule has 6 nitrogen and oxygen atoms in total. The highest BCUT2D eigenvalue weighted by Crippen LogP contribution is 2.30. The van der Waals surface area contributed by atoms with Gasteiger partial charge in [0.05, 0.1) is 6.26 Å². The van der Waals surface area contributed by atoms with E-state index >= 15 is 0 Å². The van der Waals surface area contributed by atoms with Crippen LogP contribution in [0, 0.1) is 5.82 Å². The van der Waals surface area contributed by atoms with E-state index in [1.54, 1.807) is 18.4 Å². The molecule has 0 fully saturated rings. The molecule has 0 amide bonds. The fourth-order valence-electron chi connectivity index (χ4n) is 2.52. The number of rotatable bonds is 3. The zero-order valence-electron chi connectivity index (χ0n) is 13.5. The third kappa shape index (κ3) is 5.29. The molecule has 0 saturated heterocycles. The molecule has 3 N–H and O–H groups in total. The minimum Gasteiger partial charge on any atom is -0.478 e. The van der Waals surface area contributed by atoms with E-state index in [1.165, 1.54) is 6.07 Å². The summed E-state index contributed by atoms with van der Waals surface area (Å²) in [4.78, 5) is 19.1. The largest absolute Gasteiger partial charge is 0.478 e. The Balaban J connectivity index is 0.000000242. The van der Waals surface area contributed by atoms with Crippen LogP contribution in [0.25, 0.3) is 16.5 Å². The van der Waals surface area contributed by atoms with Crippen molar-refractivity contribution in [2.75, 3.05) is 6.54 Å². The van der Waals surface area contributed by atoms with E-state index in [4.69, 9.17) is 14.6 Å². The maximum absolute atomic E-state index is 13.5. The number of carboxylic acids is 2. The molecule has 132 valence electrons. The molecule has 0 bridgehead atoms. The normalized spacial score (nSPS) is 17.0. The van der Waals surface area contributed by atoms with E-state index < -0.39 is 11.9 Å². The van der Waals surface area contributed by atoms with Crippen molar-refractivity contribution in [3.63, 3.8) is 0 Å². The van der Waals surface area contributed by atoms with Crippen molar-refractivity contribution in [1.29, 1.82) is 0 Å². The zero-order chi connectivity index (χ0) is 18.4. The number of hydrogen-bond acceptors (Lipinski definition) is 4. The molecule has 1 aromatic carbocycles. The van der Waals surface area contributed by atoms with Gasteiger partial charge in [-0.3, -0.25) is 0 Å². The van der Waals surface area contributed by atoms with Crippen molar-refractivity contribution >= 4 is 28.5 Å². The van der Waals surface area contributed by atoms with Gasteiger partial charge in [0.2, 0.25) is 0 Å². The van der Waals surface area contributed by atoms with Crippen LogP contribution in [-0.2, 0) is 9.59 Å². The highest BCUT2D eigenvalue weighted by atomic mass is 19.1. The van der Waals surface area contributed by atoms with Gasteiger partial charge >= 0.3 is 11.9 Å². The Morgan fingerprint density at radius 3 is 2.56 bits per heavy atom. The fraction of sp³-hybridized carbons (Fsp3) is 0.222. The molecule has 0 saturated carbocycles. The highest BCUT2D eigenvalue weighted by molar-refractivity contribution is 5.90.